The fourth-order valence-corrected chi connectivity index (χ4v) is 1.69. The van der Waals surface area contributed by atoms with Gasteiger partial charge in [-0.05, 0) is 35.7 Å². The Morgan fingerprint density at radius 1 is 1.20 bits per heavy atom. The van der Waals surface area contributed by atoms with E-state index in [-0.39, 0.29) is 0 Å². The lowest BCUT2D eigenvalue weighted by atomic mass is 10.1. The third-order valence-corrected chi connectivity index (χ3v) is 2.46. The number of aromatic nitrogens is 2. The molecule has 0 saturated heterocycles. The second kappa shape index (κ2) is 3.24. The van der Waals surface area contributed by atoms with E-state index in [1.807, 2.05) is 12.3 Å². The van der Waals surface area contributed by atoms with Crippen LogP contribution in [0.2, 0.25) is 0 Å². The number of nitrogens with one attached hydrogen (secondary N) is 1. The third-order valence-electron chi connectivity index (χ3n) is 2.46. The third kappa shape index (κ3) is 1.40. The average Bonchev–Trinajstić information content (AvgIpc) is 2.77. The highest BCUT2D eigenvalue weighted by atomic mass is 14.7. The fraction of sp³-hybridized carbons (Fsp3) is 0. The van der Waals surface area contributed by atoms with Gasteiger partial charge in [0.2, 0.25) is 0 Å². The first-order valence-corrected chi connectivity index (χ1v) is 4.83. The minimum atomic E-state index is 0.953. The van der Waals surface area contributed by atoms with E-state index >= 15 is 0 Å². The number of benzene rings is 1. The summed E-state index contributed by atoms with van der Waals surface area (Å²) in [6.07, 6.45) is 3.70. The molecule has 0 aliphatic rings. The smallest absolute Gasteiger partial charge is 0.0708 e. The van der Waals surface area contributed by atoms with Crippen LogP contribution < -0.4 is 0 Å². The Labute approximate surface area is 87.6 Å². The van der Waals surface area contributed by atoms with E-state index in [2.05, 4.69) is 40.3 Å². The molecule has 2 heterocycles. The molecule has 0 unspecified atom stereocenters. The van der Waals surface area contributed by atoms with Crippen molar-refractivity contribution in [1.29, 1.82) is 0 Å². The number of fused-ring (bicyclic) bond motifs is 1. The molecule has 71 valence electrons. The molecule has 3 rings (SSSR count). The second-order valence-corrected chi connectivity index (χ2v) is 3.42. The highest BCUT2D eigenvalue weighted by Gasteiger charge is 2.00. The number of hydrogen-bond donors (Lipinski definition) is 1. The van der Waals surface area contributed by atoms with Crippen LogP contribution >= 0.6 is 0 Å². The van der Waals surface area contributed by atoms with Crippen molar-refractivity contribution >= 4 is 10.9 Å². The van der Waals surface area contributed by atoms with Gasteiger partial charge in [-0.15, -0.1) is 0 Å². The van der Waals surface area contributed by atoms with E-state index in [1.54, 1.807) is 12.3 Å². The second-order valence-electron chi connectivity index (χ2n) is 3.42. The SMILES string of the molecule is [c]1ccnc(-c2ccc3cc[nH]c3c2)c1. The van der Waals surface area contributed by atoms with Gasteiger partial charge in [0.15, 0.2) is 0 Å². The van der Waals surface area contributed by atoms with Crippen molar-refractivity contribution in [3.63, 3.8) is 0 Å². The Morgan fingerprint density at radius 2 is 2.20 bits per heavy atom. The molecule has 0 atom stereocenters. The van der Waals surface area contributed by atoms with Gasteiger partial charge in [-0.3, -0.25) is 4.98 Å². The van der Waals surface area contributed by atoms with Gasteiger partial charge in [0.05, 0.1) is 5.69 Å². The van der Waals surface area contributed by atoms with E-state index < -0.39 is 0 Å². The monoisotopic (exact) mass is 193 g/mol. The molecular formula is C13H9N2. The Bertz CT molecular complexity index is 582. The van der Waals surface area contributed by atoms with Crippen LogP contribution in [0.4, 0.5) is 0 Å². The van der Waals surface area contributed by atoms with Gasteiger partial charge in [0, 0.05) is 23.5 Å². The van der Waals surface area contributed by atoms with Gasteiger partial charge in [-0.25, -0.2) is 0 Å². The zero-order valence-corrected chi connectivity index (χ0v) is 8.07. The van der Waals surface area contributed by atoms with Gasteiger partial charge in [0.25, 0.3) is 0 Å². The topological polar surface area (TPSA) is 28.7 Å². The first-order valence-electron chi connectivity index (χ1n) is 4.83. The first-order chi connectivity index (χ1) is 7.43. The molecule has 0 amide bonds. The molecule has 0 fully saturated rings. The normalized spacial score (nSPS) is 10.7. The first kappa shape index (κ1) is 8.24. The molecule has 0 spiro atoms. The lowest BCUT2D eigenvalue weighted by Gasteiger charge is -1.99. The van der Waals surface area contributed by atoms with Crippen LogP contribution in [0.25, 0.3) is 22.2 Å². The molecule has 2 aromatic heterocycles. The molecule has 15 heavy (non-hydrogen) atoms. The van der Waals surface area contributed by atoms with Crippen molar-refractivity contribution < 1.29 is 0 Å². The number of aromatic amines is 1. The van der Waals surface area contributed by atoms with Crippen LogP contribution in [0.1, 0.15) is 0 Å². The predicted molar refractivity (Wildman–Crippen MR) is 60.4 cm³/mol. The number of hydrogen-bond acceptors (Lipinski definition) is 1. The maximum Gasteiger partial charge on any atom is 0.0708 e. The summed E-state index contributed by atoms with van der Waals surface area (Å²) in [5.41, 5.74) is 3.20. The van der Waals surface area contributed by atoms with Crippen LogP contribution in [0.15, 0.2) is 48.8 Å². The maximum absolute atomic E-state index is 4.30. The van der Waals surface area contributed by atoms with Crippen molar-refractivity contribution in [2.75, 3.05) is 0 Å². The molecule has 1 radical (unpaired) electrons. The summed E-state index contributed by atoms with van der Waals surface area (Å²) in [6.45, 7) is 0. The minimum absolute atomic E-state index is 0.953. The van der Waals surface area contributed by atoms with E-state index in [0.717, 1.165) is 16.8 Å². The van der Waals surface area contributed by atoms with Crippen LogP contribution in [-0.2, 0) is 0 Å². The van der Waals surface area contributed by atoms with Gasteiger partial charge >= 0.3 is 0 Å². The van der Waals surface area contributed by atoms with Gasteiger partial charge < -0.3 is 4.98 Å². The predicted octanol–water partition coefficient (Wildman–Crippen LogP) is 3.03. The zero-order valence-electron chi connectivity index (χ0n) is 8.07. The molecule has 3 aromatic rings. The largest absolute Gasteiger partial charge is 0.361 e. The summed E-state index contributed by atoms with van der Waals surface area (Å²) in [6, 6.07) is 15.1. The van der Waals surface area contributed by atoms with Gasteiger partial charge in [0.1, 0.15) is 0 Å². The molecule has 0 bridgehead atoms. The van der Waals surface area contributed by atoms with Gasteiger partial charge in [-0.2, -0.15) is 0 Å². The summed E-state index contributed by atoms with van der Waals surface area (Å²) in [5, 5.41) is 1.22. The van der Waals surface area contributed by atoms with Crippen molar-refractivity contribution in [2.45, 2.75) is 0 Å². The fourth-order valence-electron chi connectivity index (χ4n) is 1.69. The Morgan fingerprint density at radius 3 is 3.07 bits per heavy atom. The molecular weight excluding hydrogens is 184 g/mol. The van der Waals surface area contributed by atoms with Crippen LogP contribution in [0, 0.1) is 6.07 Å². The molecule has 1 N–H and O–H groups in total. The molecule has 0 aliphatic heterocycles. The lowest BCUT2D eigenvalue weighted by molar-refractivity contribution is 1.32. The van der Waals surface area contributed by atoms with Crippen molar-refractivity contribution in [3.05, 3.63) is 54.9 Å². The van der Waals surface area contributed by atoms with Gasteiger partial charge in [-0.1, -0.05) is 12.1 Å². The lowest BCUT2D eigenvalue weighted by Crippen LogP contribution is -1.81. The summed E-state index contributed by atoms with van der Waals surface area (Å²) in [7, 11) is 0. The number of nitrogens with zero attached hydrogens (tertiary/aromatic N) is 1. The number of pyridine rings is 1. The zero-order chi connectivity index (χ0) is 10.1. The molecule has 2 nitrogen and oxygen atoms in total. The quantitative estimate of drug-likeness (QED) is 0.632. The standard InChI is InChI=1S/C13H9N2/c1-2-7-14-12(3-1)11-5-4-10-6-8-15-13(10)9-11/h2-9,15H. The summed E-state index contributed by atoms with van der Waals surface area (Å²) in [5.74, 6) is 0. The Hall–Kier alpha value is -2.09. The van der Waals surface area contributed by atoms with Crippen molar-refractivity contribution in [3.8, 4) is 11.3 Å². The van der Waals surface area contributed by atoms with Crippen LogP contribution in [0.3, 0.4) is 0 Å². The molecule has 0 aliphatic carbocycles. The van der Waals surface area contributed by atoms with E-state index in [1.165, 1.54) is 5.39 Å². The number of rotatable bonds is 1. The molecule has 0 saturated carbocycles. The molecule has 2 heteroatoms. The Kier molecular flexibility index (Phi) is 1.78. The highest BCUT2D eigenvalue weighted by molar-refractivity contribution is 5.84. The van der Waals surface area contributed by atoms with Crippen molar-refractivity contribution in [1.82, 2.24) is 9.97 Å². The summed E-state index contributed by atoms with van der Waals surface area (Å²) in [4.78, 5) is 7.49. The average molecular weight is 193 g/mol. The van der Waals surface area contributed by atoms with Crippen LogP contribution in [0.5, 0.6) is 0 Å². The highest BCUT2D eigenvalue weighted by Crippen LogP contribution is 2.21. The maximum atomic E-state index is 4.30. The molecule has 1 aromatic carbocycles. The van der Waals surface area contributed by atoms with E-state index in [4.69, 9.17) is 0 Å². The van der Waals surface area contributed by atoms with E-state index in [0.29, 0.717) is 0 Å². The van der Waals surface area contributed by atoms with Crippen molar-refractivity contribution in [2.24, 2.45) is 0 Å². The van der Waals surface area contributed by atoms with Crippen LogP contribution in [-0.4, -0.2) is 9.97 Å². The number of H-pyrrole nitrogens is 1. The Balaban J connectivity index is 2.19. The van der Waals surface area contributed by atoms with E-state index in [9.17, 15) is 0 Å². The summed E-state index contributed by atoms with van der Waals surface area (Å²) < 4.78 is 0. The minimum Gasteiger partial charge on any atom is -0.361 e. The summed E-state index contributed by atoms with van der Waals surface area (Å²) >= 11 is 0.